The molecule has 74 valence electrons. The highest BCUT2D eigenvalue weighted by molar-refractivity contribution is 7.23. The van der Waals surface area contributed by atoms with Crippen molar-refractivity contribution in [2.75, 3.05) is 0 Å². The van der Waals surface area contributed by atoms with Gasteiger partial charge in [0.05, 0.1) is 17.5 Å². The molecule has 0 aliphatic carbocycles. The summed E-state index contributed by atoms with van der Waals surface area (Å²) < 4.78 is 0. The minimum Gasteiger partial charge on any atom is -0.478 e. The number of dihydropyridines is 1. The molecule has 1 unspecified atom stereocenters. The SMILES string of the molecule is C=C1NC(C=NO)=C(P)C=C1C(=O)O. The monoisotopic (exact) mass is 212 g/mol. The van der Waals surface area contributed by atoms with Gasteiger partial charge in [-0.2, -0.15) is 0 Å². The summed E-state index contributed by atoms with van der Waals surface area (Å²) in [5.41, 5.74) is 0.844. The third kappa shape index (κ3) is 2.00. The van der Waals surface area contributed by atoms with Crippen molar-refractivity contribution in [3.63, 3.8) is 0 Å². The Bertz CT molecular complexity index is 382. The first-order chi connectivity index (χ1) is 6.56. The van der Waals surface area contributed by atoms with Crippen LogP contribution in [-0.2, 0) is 4.79 Å². The van der Waals surface area contributed by atoms with E-state index in [1.165, 1.54) is 12.3 Å². The van der Waals surface area contributed by atoms with Gasteiger partial charge >= 0.3 is 5.97 Å². The zero-order chi connectivity index (χ0) is 10.7. The van der Waals surface area contributed by atoms with Crippen molar-refractivity contribution in [3.8, 4) is 0 Å². The fraction of sp³-hybridized carbons (Fsp3) is 0. The molecule has 1 aliphatic rings. The van der Waals surface area contributed by atoms with Crippen molar-refractivity contribution < 1.29 is 15.1 Å². The standard InChI is InChI=1S/C8H9N2O3P/c1-4-5(8(11)12)2-7(14)6(10-4)3-9-13/h2-3,10,13H,1,14H2,(H,11,12). The van der Waals surface area contributed by atoms with Gasteiger partial charge in [-0.25, -0.2) is 4.79 Å². The topological polar surface area (TPSA) is 81.9 Å². The first kappa shape index (κ1) is 10.5. The molecule has 0 aromatic rings. The maximum absolute atomic E-state index is 10.7. The number of nitrogens with one attached hydrogen (secondary N) is 1. The summed E-state index contributed by atoms with van der Waals surface area (Å²) in [5.74, 6) is -1.05. The summed E-state index contributed by atoms with van der Waals surface area (Å²) in [6, 6.07) is 0. The Kier molecular flexibility index (Phi) is 3.04. The van der Waals surface area contributed by atoms with E-state index in [1.54, 1.807) is 0 Å². The average Bonchev–Trinajstić information content (AvgIpc) is 2.10. The van der Waals surface area contributed by atoms with E-state index in [9.17, 15) is 4.79 Å². The maximum atomic E-state index is 10.7. The van der Waals surface area contributed by atoms with Crippen molar-refractivity contribution in [2.45, 2.75) is 0 Å². The summed E-state index contributed by atoms with van der Waals surface area (Å²) in [5, 5.41) is 23.2. The first-order valence-electron chi connectivity index (χ1n) is 3.64. The van der Waals surface area contributed by atoms with Crippen molar-refractivity contribution in [1.29, 1.82) is 0 Å². The minimum absolute atomic E-state index is 0.0880. The van der Waals surface area contributed by atoms with E-state index in [4.69, 9.17) is 10.3 Å². The lowest BCUT2D eigenvalue weighted by Gasteiger charge is -2.17. The van der Waals surface area contributed by atoms with Crippen LogP contribution in [0.2, 0.25) is 0 Å². The number of carboxylic acids is 1. The zero-order valence-corrected chi connectivity index (χ0v) is 8.34. The van der Waals surface area contributed by atoms with Gasteiger partial charge in [0.2, 0.25) is 0 Å². The highest BCUT2D eigenvalue weighted by atomic mass is 31.0. The minimum atomic E-state index is -1.05. The second-order valence-electron chi connectivity index (χ2n) is 2.58. The van der Waals surface area contributed by atoms with Gasteiger partial charge in [0.15, 0.2) is 0 Å². The molecule has 1 heterocycles. The third-order valence-electron chi connectivity index (χ3n) is 1.64. The fourth-order valence-corrected chi connectivity index (χ4v) is 1.29. The molecule has 5 nitrogen and oxygen atoms in total. The number of carboxylic acid groups (broad SMARTS) is 1. The van der Waals surface area contributed by atoms with E-state index in [1.807, 2.05) is 0 Å². The van der Waals surface area contributed by atoms with Crippen molar-refractivity contribution in [3.05, 3.63) is 34.9 Å². The Hall–Kier alpha value is -1.61. The number of carbonyl (C=O) groups is 1. The molecule has 0 spiro atoms. The van der Waals surface area contributed by atoms with E-state index in [-0.39, 0.29) is 11.3 Å². The average molecular weight is 212 g/mol. The third-order valence-corrected chi connectivity index (χ3v) is 2.12. The van der Waals surface area contributed by atoms with Crippen LogP contribution in [0.25, 0.3) is 0 Å². The Labute approximate surface area is 82.7 Å². The highest BCUT2D eigenvalue weighted by Crippen LogP contribution is 2.22. The van der Waals surface area contributed by atoms with E-state index in [0.717, 1.165) is 0 Å². The lowest BCUT2D eigenvalue weighted by atomic mass is 10.1. The second-order valence-corrected chi connectivity index (χ2v) is 3.20. The predicted molar refractivity (Wildman–Crippen MR) is 55.0 cm³/mol. The van der Waals surface area contributed by atoms with Gasteiger partial charge in [-0.05, 0) is 11.4 Å². The molecule has 14 heavy (non-hydrogen) atoms. The molecule has 0 fully saturated rings. The lowest BCUT2D eigenvalue weighted by molar-refractivity contribution is -0.132. The number of nitrogens with zero attached hydrogens (tertiary/aromatic N) is 1. The Morgan fingerprint density at radius 2 is 2.36 bits per heavy atom. The van der Waals surface area contributed by atoms with E-state index < -0.39 is 5.97 Å². The lowest BCUT2D eigenvalue weighted by Crippen LogP contribution is -2.22. The molecule has 1 rings (SSSR count). The molecule has 1 atom stereocenters. The maximum Gasteiger partial charge on any atom is 0.337 e. The number of hydrogen-bond acceptors (Lipinski definition) is 4. The summed E-state index contributed by atoms with van der Waals surface area (Å²) in [6.45, 7) is 3.54. The normalized spacial score (nSPS) is 16.9. The number of oxime groups is 1. The molecular formula is C8H9N2O3P. The van der Waals surface area contributed by atoms with Crippen LogP contribution < -0.4 is 5.32 Å². The van der Waals surface area contributed by atoms with Crippen LogP contribution in [0.1, 0.15) is 0 Å². The quantitative estimate of drug-likeness (QED) is 0.272. The molecule has 0 bridgehead atoms. The number of hydrogen-bond donors (Lipinski definition) is 3. The van der Waals surface area contributed by atoms with Crippen molar-refractivity contribution >= 4 is 21.4 Å². The van der Waals surface area contributed by atoms with Crippen LogP contribution in [0.5, 0.6) is 0 Å². The molecule has 3 N–H and O–H groups in total. The van der Waals surface area contributed by atoms with Crippen molar-refractivity contribution in [2.24, 2.45) is 5.16 Å². The van der Waals surface area contributed by atoms with Gasteiger partial charge in [0.25, 0.3) is 0 Å². The molecule has 0 saturated heterocycles. The van der Waals surface area contributed by atoms with Gasteiger partial charge in [-0.3, -0.25) is 0 Å². The summed E-state index contributed by atoms with van der Waals surface area (Å²) in [6.07, 6.45) is 2.60. The van der Waals surface area contributed by atoms with Gasteiger partial charge in [0.1, 0.15) is 0 Å². The highest BCUT2D eigenvalue weighted by Gasteiger charge is 2.17. The molecular weight excluding hydrogens is 203 g/mol. The van der Waals surface area contributed by atoms with E-state index in [0.29, 0.717) is 11.0 Å². The van der Waals surface area contributed by atoms with Gasteiger partial charge in [-0.1, -0.05) is 11.7 Å². The van der Waals surface area contributed by atoms with Crippen molar-refractivity contribution in [1.82, 2.24) is 5.32 Å². The van der Waals surface area contributed by atoms with Gasteiger partial charge < -0.3 is 15.6 Å². The van der Waals surface area contributed by atoms with Crippen LogP contribution >= 0.6 is 9.24 Å². The smallest absolute Gasteiger partial charge is 0.337 e. The Morgan fingerprint density at radius 3 is 2.86 bits per heavy atom. The van der Waals surface area contributed by atoms with Gasteiger partial charge in [0, 0.05) is 5.70 Å². The van der Waals surface area contributed by atoms with Crippen LogP contribution in [0, 0.1) is 0 Å². The molecule has 0 aromatic heterocycles. The van der Waals surface area contributed by atoms with Crippen LogP contribution in [0.3, 0.4) is 0 Å². The molecule has 1 aliphatic heterocycles. The molecule has 6 heteroatoms. The van der Waals surface area contributed by atoms with Crippen LogP contribution in [0.15, 0.2) is 40.1 Å². The zero-order valence-electron chi connectivity index (χ0n) is 7.19. The molecule has 0 saturated carbocycles. The second kappa shape index (κ2) is 4.07. The molecule has 0 aromatic carbocycles. The van der Waals surface area contributed by atoms with Gasteiger partial charge in [-0.15, -0.1) is 9.24 Å². The van der Waals surface area contributed by atoms with Crippen LogP contribution in [0.4, 0.5) is 0 Å². The molecule has 0 amide bonds. The Balaban J connectivity index is 3.11. The molecule has 0 radical (unpaired) electrons. The van der Waals surface area contributed by atoms with E-state index >= 15 is 0 Å². The largest absolute Gasteiger partial charge is 0.478 e. The number of rotatable bonds is 2. The Morgan fingerprint density at radius 1 is 1.71 bits per heavy atom. The van der Waals surface area contributed by atoms with Crippen LogP contribution in [-0.4, -0.2) is 22.5 Å². The summed E-state index contributed by atoms with van der Waals surface area (Å²) in [7, 11) is 2.34. The number of aliphatic carboxylic acids is 1. The predicted octanol–water partition coefficient (Wildman–Crippen LogP) is 0.661. The summed E-state index contributed by atoms with van der Waals surface area (Å²) in [4.78, 5) is 10.7. The van der Waals surface area contributed by atoms with E-state index in [2.05, 4.69) is 26.3 Å². The fourth-order valence-electron chi connectivity index (χ4n) is 0.978. The summed E-state index contributed by atoms with van der Waals surface area (Å²) >= 11 is 0. The first-order valence-corrected chi connectivity index (χ1v) is 4.22. The number of allylic oxidation sites excluding steroid dienone is 3.